The van der Waals surface area contributed by atoms with Crippen molar-refractivity contribution in [2.45, 2.75) is 82.3 Å². The molecule has 0 atom stereocenters. The summed E-state index contributed by atoms with van der Waals surface area (Å²) in [6, 6.07) is 0. The molecule has 5 rings (SSSR count). The summed E-state index contributed by atoms with van der Waals surface area (Å²) < 4.78 is 11.7. The Balaban J connectivity index is 1.10. The Bertz CT molecular complexity index is 796. The van der Waals surface area contributed by atoms with Gasteiger partial charge in [-0.3, -0.25) is 9.59 Å². The van der Waals surface area contributed by atoms with E-state index in [-0.39, 0.29) is 29.4 Å². The number of ether oxygens (including phenoxy) is 2. The van der Waals surface area contributed by atoms with E-state index < -0.39 is 0 Å². The van der Waals surface area contributed by atoms with Gasteiger partial charge in [0.15, 0.2) is 6.61 Å². The highest BCUT2D eigenvalue weighted by molar-refractivity contribution is 5.88. The number of carbonyl (C=O) groups is 2. The van der Waals surface area contributed by atoms with Gasteiger partial charge in [-0.15, -0.1) is 0 Å². The molecule has 2 N–H and O–H groups in total. The Labute approximate surface area is 197 Å². The van der Waals surface area contributed by atoms with E-state index in [9.17, 15) is 9.59 Å². The summed E-state index contributed by atoms with van der Waals surface area (Å²) in [6.07, 6.45) is 25.8. The molecule has 0 saturated heterocycles. The lowest BCUT2D eigenvalue weighted by molar-refractivity contribution is -0.184. The van der Waals surface area contributed by atoms with Crippen molar-refractivity contribution in [2.24, 2.45) is 5.41 Å². The normalized spacial score (nSPS) is 31.1. The summed E-state index contributed by atoms with van der Waals surface area (Å²) >= 11 is 0. The van der Waals surface area contributed by atoms with Crippen molar-refractivity contribution in [3.8, 4) is 0 Å². The quantitative estimate of drug-likeness (QED) is 0.511. The molecule has 180 valence electrons. The van der Waals surface area contributed by atoms with E-state index >= 15 is 0 Å². The largest absolute Gasteiger partial charge is 0.484 e. The van der Waals surface area contributed by atoms with Gasteiger partial charge in [0.25, 0.3) is 5.91 Å². The minimum Gasteiger partial charge on any atom is -0.484 e. The van der Waals surface area contributed by atoms with Crippen molar-refractivity contribution in [3.05, 3.63) is 48.3 Å². The molecule has 0 unspecified atom stereocenters. The molecular formula is C27H38N2O4. The number of amides is 2. The highest BCUT2D eigenvalue weighted by Gasteiger charge is 2.72. The summed E-state index contributed by atoms with van der Waals surface area (Å²) in [7, 11) is 0. The molecule has 5 aliphatic carbocycles. The van der Waals surface area contributed by atoms with Crippen LogP contribution in [0.4, 0.5) is 0 Å². The van der Waals surface area contributed by atoms with Gasteiger partial charge in [-0.05, 0) is 44.3 Å². The van der Waals surface area contributed by atoms with Gasteiger partial charge in [0.05, 0.1) is 18.1 Å². The second-order valence-corrected chi connectivity index (χ2v) is 10.1. The first-order chi connectivity index (χ1) is 16.1. The second-order valence-electron chi connectivity index (χ2n) is 10.1. The summed E-state index contributed by atoms with van der Waals surface area (Å²) in [5.41, 5.74) is -0.520. The zero-order chi connectivity index (χ0) is 23.0. The Hall–Kier alpha value is -2.34. The van der Waals surface area contributed by atoms with Crippen LogP contribution in [0.3, 0.4) is 0 Å². The standard InChI is InChI=1S/C27H38N2O4/c30-24(18-33-23-14-10-6-3-7-11-15-23)29-27-19-26(20-27,21-27)25(31)28-16-17-32-22-12-8-4-1-2-5-9-13-22/h3,6-7,10-11,14-15,22H,1-2,4-5,8-9,12-13,16-21H2,(H,28,31)(H,29,30)/b6-3-,7-3?,10-6?,11-7-,14-10?,15-11?,23-14?,23-15?. The van der Waals surface area contributed by atoms with Crippen LogP contribution in [-0.2, 0) is 19.1 Å². The van der Waals surface area contributed by atoms with E-state index in [0.29, 0.717) is 25.0 Å². The molecule has 33 heavy (non-hydrogen) atoms. The Morgan fingerprint density at radius 1 is 0.909 bits per heavy atom. The first-order valence-corrected chi connectivity index (χ1v) is 12.6. The predicted molar refractivity (Wildman–Crippen MR) is 128 cm³/mol. The van der Waals surface area contributed by atoms with E-state index in [1.807, 2.05) is 42.5 Å². The van der Waals surface area contributed by atoms with Gasteiger partial charge >= 0.3 is 0 Å². The van der Waals surface area contributed by atoms with Crippen LogP contribution >= 0.6 is 0 Å². The molecular weight excluding hydrogens is 416 g/mol. The topological polar surface area (TPSA) is 76.7 Å². The molecule has 0 aromatic heterocycles. The minimum absolute atomic E-state index is 0.0207. The Morgan fingerprint density at radius 2 is 1.58 bits per heavy atom. The van der Waals surface area contributed by atoms with E-state index in [0.717, 1.165) is 32.1 Å². The van der Waals surface area contributed by atoms with Gasteiger partial charge in [-0.25, -0.2) is 0 Å². The van der Waals surface area contributed by atoms with Crippen LogP contribution in [0.15, 0.2) is 48.3 Å². The number of allylic oxidation sites excluding steroid dienone is 7. The van der Waals surface area contributed by atoms with Crippen LogP contribution in [0, 0.1) is 5.41 Å². The molecule has 0 spiro atoms. The van der Waals surface area contributed by atoms with Crippen LogP contribution in [-0.4, -0.2) is 43.2 Å². The fourth-order valence-corrected chi connectivity index (χ4v) is 5.63. The highest BCUT2D eigenvalue weighted by Crippen LogP contribution is 2.67. The molecule has 4 saturated carbocycles. The average molecular weight is 455 g/mol. The van der Waals surface area contributed by atoms with Gasteiger partial charge in [0, 0.05) is 12.1 Å². The van der Waals surface area contributed by atoms with Crippen molar-refractivity contribution in [1.29, 1.82) is 0 Å². The molecule has 4 fully saturated rings. The molecule has 5 aliphatic rings. The van der Waals surface area contributed by atoms with E-state index in [1.54, 1.807) is 0 Å². The van der Waals surface area contributed by atoms with Crippen molar-refractivity contribution >= 4 is 11.8 Å². The van der Waals surface area contributed by atoms with Crippen LogP contribution in [0.1, 0.15) is 70.6 Å². The molecule has 0 heterocycles. The van der Waals surface area contributed by atoms with Gasteiger partial charge in [-0.2, -0.15) is 0 Å². The van der Waals surface area contributed by atoms with Crippen molar-refractivity contribution < 1.29 is 19.1 Å². The van der Waals surface area contributed by atoms with Crippen molar-refractivity contribution in [1.82, 2.24) is 10.6 Å². The van der Waals surface area contributed by atoms with Crippen LogP contribution in [0.2, 0.25) is 0 Å². The number of rotatable bonds is 9. The number of nitrogens with one attached hydrogen (secondary N) is 2. The van der Waals surface area contributed by atoms with Gasteiger partial charge in [0.1, 0.15) is 5.76 Å². The maximum absolute atomic E-state index is 12.7. The van der Waals surface area contributed by atoms with Gasteiger partial charge in [-0.1, -0.05) is 68.9 Å². The lowest BCUT2D eigenvalue weighted by Crippen LogP contribution is -2.78. The third kappa shape index (κ3) is 6.38. The third-order valence-corrected chi connectivity index (χ3v) is 7.30. The summed E-state index contributed by atoms with van der Waals surface area (Å²) in [5.74, 6) is 0.622. The SMILES string of the molecule is O=C(COC1=C/C=C\C=C/C=C1)NC12CC(C(=O)NCCOC3CCCCCCCC3)(C1)C2. The summed E-state index contributed by atoms with van der Waals surface area (Å²) in [4.78, 5) is 25.0. The first kappa shape index (κ1) is 23.8. The van der Waals surface area contributed by atoms with Crippen LogP contribution in [0.25, 0.3) is 0 Å². The molecule has 0 aromatic carbocycles. The lowest BCUT2D eigenvalue weighted by atomic mass is 9.39. The summed E-state index contributed by atoms with van der Waals surface area (Å²) in [5, 5.41) is 6.14. The molecule has 0 aromatic rings. The van der Waals surface area contributed by atoms with E-state index in [2.05, 4.69) is 10.6 Å². The summed E-state index contributed by atoms with van der Waals surface area (Å²) in [6.45, 7) is 1.13. The second kappa shape index (κ2) is 11.2. The Kier molecular flexibility index (Phi) is 8.07. The molecule has 6 heteroatoms. The highest BCUT2D eigenvalue weighted by atomic mass is 16.5. The fraction of sp³-hybridized carbons (Fsp3) is 0.630. The minimum atomic E-state index is -0.297. The molecule has 6 nitrogen and oxygen atoms in total. The van der Waals surface area contributed by atoms with Crippen LogP contribution < -0.4 is 10.6 Å². The fourth-order valence-electron chi connectivity index (χ4n) is 5.63. The zero-order valence-electron chi connectivity index (χ0n) is 19.7. The van der Waals surface area contributed by atoms with Crippen LogP contribution in [0.5, 0.6) is 0 Å². The van der Waals surface area contributed by atoms with Gasteiger partial charge < -0.3 is 20.1 Å². The molecule has 2 bridgehead atoms. The zero-order valence-corrected chi connectivity index (χ0v) is 19.7. The van der Waals surface area contributed by atoms with Gasteiger partial charge in [0.2, 0.25) is 5.91 Å². The predicted octanol–water partition coefficient (Wildman–Crippen LogP) is 4.24. The molecule has 0 radical (unpaired) electrons. The van der Waals surface area contributed by atoms with E-state index in [4.69, 9.17) is 9.47 Å². The monoisotopic (exact) mass is 454 g/mol. The maximum Gasteiger partial charge on any atom is 0.258 e. The van der Waals surface area contributed by atoms with E-state index in [1.165, 1.54) is 38.5 Å². The van der Waals surface area contributed by atoms with Crippen molar-refractivity contribution in [2.75, 3.05) is 19.8 Å². The molecule has 2 amide bonds. The smallest absolute Gasteiger partial charge is 0.258 e. The Morgan fingerprint density at radius 3 is 2.33 bits per heavy atom. The number of hydrogen-bond acceptors (Lipinski definition) is 4. The average Bonchev–Trinajstić information content (AvgIpc) is 2.85. The number of hydrogen-bond donors (Lipinski definition) is 2. The first-order valence-electron chi connectivity index (χ1n) is 12.6. The number of carbonyl (C=O) groups excluding carboxylic acids is 2. The maximum atomic E-state index is 12.7. The lowest BCUT2D eigenvalue weighted by Gasteiger charge is -2.69. The third-order valence-electron chi connectivity index (χ3n) is 7.30. The van der Waals surface area contributed by atoms with Crippen molar-refractivity contribution in [3.63, 3.8) is 0 Å². The molecule has 0 aliphatic heterocycles.